The lowest BCUT2D eigenvalue weighted by molar-refractivity contribution is -0.114. The summed E-state index contributed by atoms with van der Waals surface area (Å²) in [5.74, 6) is 0.477. The Kier molecular flexibility index (Phi) is 7.39. The van der Waals surface area contributed by atoms with Crippen LogP contribution in [0.4, 0.5) is 11.4 Å². The molecule has 0 aliphatic heterocycles. The van der Waals surface area contributed by atoms with Gasteiger partial charge in [-0.2, -0.15) is 0 Å². The maximum atomic E-state index is 13.3. The number of methoxy groups -OCH3 is 2. The molecule has 1 N–H and O–H groups in total. The van der Waals surface area contributed by atoms with E-state index >= 15 is 0 Å². The lowest BCUT2D eigenvalue weighted by Crippen LogP contribution is -2.38. The summed E-state index contributed by atoms with van der Waals surface area (Å²) in [5, 5.41) is 2.72. The minimum absolute atomic E-state index is 0.104. The van der Waals surface area contributed by atoms with Crippen LogP contribution in [0, 0.1) is 3.57 Å². The number of sulfonamides is 1. The van der Waals surface area contributed by atoms with Crippen molar-refractivity contribution in [1.82, 2.24) is 0 Å². The number of anilines is 2. The van der Waals surface area contributed by atoms with E-state index in [1.807, 2.05) is 0 Å². The fourth-order valence-electron chi connectivity index (χ4n) is 2.89. The lowest BCUT2D eigenvalue weighted by Gasteiger charge is -2.24. The third-order valence-corrected chi connectivity index (χ3v) is 6.91. The zero-order chi connectivity index (χ0) is 22.4. The molecule has 0 fully saturated rings. The largest absolute Gasteiger partial charge is 0.493 e. The number of halogens is 1. The summed E-state index contributed by atoms with van der Waals surface area (Å²) in [7, 11) is -0.941. The summed E-state index contributed by atoms with van der Waals surface area (Å²) in [5.41, 5.74) is 0.856. The number of rotatable bonds is 8. The van der Waals surface area contributed by atoms with Crippen LogP contribution in [0.2, 0.25) is 0 Å². The molecule has 0 aliphatic carbocycles. The molecule has 0 aliphatic rings. The molecule has 3 aromatic carbocycles. The van der Waals surface area contributed by atoms with Gasteiger partial charge in [-0.05, 0) is 71.1 Å². The molecule has 0 spiro atoms. The Balaban J connectivity index is 1.90. The molecule has 0 saturated carbocycles. The molecular formula is C22H21IN2O5S. The second-order valence-corrected chi connectivity index (χ2v) is 9.53. The fourth-order valence-corrected chi connectivity index (χ4v) is 4.69. The van der Waals surface area contributed by atoms with Crippen LogP contribution >= 0.6 is 22.6 Å². The van der Waals surface area contributed by atoms with E-state index in [0.29, 0.717) is 22.9 Å². The molecule has 7 nitrogen and oxygen atoms in total. The molecule has 3 aromatic rings. The highest BCUT2D eigenvalue weighted by Crippen LogP contribution is 2.30. The van der Waals surface area contributed by atoms with Crippen molar-refractivity contribution in [3.05, 3.63) is 76.4 Å². The van der Waals surface area contributed by atoms with E-state index < -0.39 is 22.5 Å². The summed E-state index contributed by atoms with van der Waals surface area (Å²) in [6, 6.07) is 19.9. The summed E-state index contributed by atoms with van der Waals surface area (Å²) in [4.78, 5) is 12.9. The number of benzene rings is 3. The minimum atomic E-state index is -3.95. The molecule has 31 heavy (non-hydrogen) atoms. The minimum Gasteiger partial charge on any atom is -0.493 e. The first kappa shape index (κ1) is 22.9. The predicted molar refractivity (Wildman–Crippen MR) is 128 cm³/mol. The van der Waals surface area contributed by atoms with Crippen LogP contribution in [0.25, 0.3) is 0 Å². The van der Waals surface area contributed by atoms with Crippen LogP contribution < -0.4 is 19.1 Å². The number of carbonyl (C=O) groups is 1. The molecule has 9 heteroatoms. The van der Waals surface area contributed by atoms with E-state index in [2.05, 4.69) is 27.9 Å². The SMILES string of the molecule is COc1ccc(NC(=O)CN(c2ccc(I)cc2)S(=O)(=O)c2ccccc2)cc1OC. The van der Waals surface area contributed by atoms with Crippen LogP contribution in [0.3, 0.4) is 0 Å². The van der Waals surface area contributed by atoms with Crippen molar-refractivity contribution < 1.29 is 22.7 Å². The van der Waals surface area contributed by atoms with E-state index in [-0.39, 0.29) is 4.90 Å². The Morgan fingerprint density at radius 2 is 1.58 bits per heavy atom. The number of ether oxygens (including phenoxy) is 2. The van der Waals surface area contributed by atoms with E-state index in [1.54, 1.807) is 60.7 Å². The predicted octanol–water partition coefficient (Wildman–Crippen LogP) is 4.14. The van der Waals surface area contributed by atoms with Crippen LogP contribution in [0.15, 0.2) is 77.7 Å². The van der Waals surface area contributed by atoms with E-state index in [0.717, 1.165) is 7.88 Å². The van der Waals surface area contributed by atoms with Crippen LogP contribution in [-0.2, 0) is 14.8 Å². The highest BCUT2D eigenvalue weighted by atomic mass is 127. The van der Waals surface area contributed by atoms with Gasteiger partial charge in [0.2, 0.25) is 5.91 Å². The molecule has 0 heterocycles. The molecule has 0 radical (unpaired) electrons. The van der Waals surface area contributed by atoms with Gasteiger partial charge in [-0.25, -0.2) is 8.42 Å². The molecule has 0 aromatic heterocycles. The number of carbonyl (C=O) groups excluding carboxylic acids is 1. The van der Waals surface area contributed by atoms with Crippen LogP contribution in [0.5, 0.6) is 11.5 Å². The van der Waals surface area contributed by atoms with Crippen LogP contribution in [0.1, 0.15) is 0 Å². The van der Waals surface area contributed by atoms with Crippen molar-refractivity contribution >= 4 is 49.9 Å². The Hall–Kier alpha value is -2.79. The van der Waals surface area contributed by atoms with Crippen molar-refractivity contribution in [1.29, 1.82) is 0 Å². The molecule has 0 unspecified atom stereocenters. The second kappa shape index (κ2) is 10.0. The highest BCUT2D eigenvalue weighted by molar-refractivity contribution is 14.1. The molecule has 1 amide bonds. The monoisotopic (exact) mass is 552 g/mol. The van der Waals surface area contributed by atoms with Crippen molar-refractivity contribution in [2.24, 2.45) is 0 Å². The Morgan fingerprint density at radius 3 is 2.19 bits per heavy atom. The molecule has 3 rings (SSSR count). The van der Waals surface area contributed by atoms with Gasteiger partial charge in [0.15, 0.2) is 11.5 Å². The quantitative estimate of drug-likeness (QED) is 0.425. The van der Waals surface area contributed by atoms with Gasteiger partial charge in [0.1, 0.15) is 6.54 Å². The maximum Gasteiger partial charge on any atom is 0.264 e. The fraction of sp³-hybridized carbons (Fsp3) is 0.136. The van der Waals surface area contributed by atoms with Gasteiger partial charge >= 0.3 is 0 Å². The summed E-state index contributed by atoms with van der Waals surface area (Å²) in [6.45, 7) is -0.397. The first-order valence-corrected chi connectivity index (χ1v) is 11.7. The number of hydrogen-bond acceptors (Lipinski definition) is 5. The summed E-state index contributed by atoms with van der Waals surface area (Å²) in [6.07, 6.45) is 0. The molecular weight excluding hydrogens is 531 g/mol. The number of nitrogens with one attached hydrogen (secondary N) is 1. The molecule has 162 valence electrons. The van der Waals surface area contributed by atoms with Gasteiger partial charge < -0.3 is 14.8 Å². The van der Waals surface area contributed by atoms with Gasteiger partial charge in [-0.3, -0.25) is 9.10 Å². The second-order valence-electron chi connectivity index (χ2n) is 6.42. The van der Waals surface area contributed by atoms with Crippen LogP contribution in [-0.4, -0.2) is 35.1 Å². The zero-order valence-corrected chi connectivity index (χ0v) is 19.9. The molecule has 0 bridgehead atoms. The van der Waals surface area contributed by atoms with Crippen molar-refractivity contribution in [2.75, 3.05) is 30.4 Å². The van der Waals surface area contributed by atoms with Gasteiger partial charge in [0.05, 0.1) is 24.8 Å². The maximum absolute atomic E-state index is 13.3. The first-order chi connectivity index (χ1) is 14.8. The Morgan fingerprint density at radius 1 is 0.935 bits per heavy atom. The smallest absolute Gasteiger partial charge is 0.264 e. The Bertz CT molecular complexity index is 1150. The van der Waals surface area contributed by atoms with Crippen molar-refractivity contribution in [3.8, 4) is 11.5 Å². The third kappa shape index (κ3) is 5.47. The van der Waals surface area contributed by atoms with Crippen molar-refractivity contribution in [2.45, 2.75) is 4.90 Å². The Labute approximate surface area is 195 Å². The normalized spacial score (nSPS) is 10.9. The topological polar surface area (TPSA) is 84.9 Å². The lowest BCUT2D eigenvalue weighted by atomic mass is 10.2. The highest BCUT2D eigenvalue weighted by Gasteiger charge is 2.27. The van der Waals surface area contributed by atoms with Gasteiger partial charge in [0, 0.05) is 15.3 Å². The van der Waals surface area contributed by atoms with E-state index in [4.69, 9.17) is 9.47 Å². The molecule has 0 atom stereocenters. The van der Waals surface area contributed by atoms with Gasteiger partial charge in [-0.15, -0.1) is 0 Å². The zero-order valence-electron chi connectivity index (χ0n) is 16.9. The average molecular weight is 552 g/mol. The standard InChI is InChI=1S/C22H21IN2O5S/c1-29-20-13-10-17(14-21(20)30-2)24-22(26)15-25(18-11-8-16(23)9-12-18)31(27,28)19-6-4-3-5-7-19/h3-14H,15H2,1-2H3,(H,24,26). The average Bonchev–Trinajstić information content (AvgIpc) is 2.78. The van der Waals surface area contributed by atoms with E-state index in [9.17, 15) is 13.2 Å². The van der Waals surface area contributed by atoms with E-state index in [1.165, 1.54) is 26.4 Å². The number of amides is 1. The summed E-state index contributed by atoms with van der Waals surface area (Å²) < 4.78 is 39.1. The number of hydrogen-bond donors (Lipinski definition) is 1. The number of nitrogens with zero attached hydrogens (tertiary/aromatic N) is 1. The van der Waals surface area contributed by atoms with Crippen molar-refractivity contribution in [3.63, 3.8) is 0 Å². The summed E-state index contributed by atoms with van der Waals surface area (Å²) >= 11 is 2.14. The van der Waals surface area contributed by atoms with Gasteiger partial charge in [-0.1, -0.05) is 18.2 Å². The molecule has 0 saturated heterocycles. The third-order valence-electron chi connectivity index (χ3n) is 4.40. The van der Waals surface area contributed by atoms with Gasteiger partial charge in [0.25, 0.3) is 10.0 Å². The first-order valence-electron chi connectivity index (χ1n) is 9.20.